The van der Waals surface area contributed by atoms with Crippen LogP contribution in [0.2, 0.25) is 0 Å². The molecule has 3 heteroatoms. The van der Waals surface area contributed by atoms with Crippen LogP contribution in [0.25, 0.3) is 0 Å². The zero-order valence-electron chi connectivity index (χ0n) is 15.9. The van der Waals surface area contributed by atoms with Crippen molar-refractivity contribution in [3.8, 4) is 0 Å². The predicted octanol–water partition coefficient (Wildman–Crippen LogP) is 4.78. The largest absolute Gasteiger partial charge is 0.374 e. The van der Waals surface area contributed by atoms with Crippen LogP contribution in [0.15, 0.2) is 0 Å². The molecule has 25 heavy (non-hydrogen) atoms. The molecule has 0 aromatic carbocycles. The van der Waals surface area contributed by atoms with Crippen LogP contribution in [0.5, 0.6) is 0 Å². The topological polar surface area (TPSA) is 50.2 Å². The first-order valence-corrected chi connectivity index (χ1v) is 10.7. The van der Waals surface area contributed by atoms with Gasteiger partial charge in [0.2, 0.25) is 0 Å². The maximum atomic E-state index is 12.1. The summed E-state index contributed by atoms with van der Waals surface area (Å²) in [5, 5.41) is 8.40. The molecule has 5 fully saturated rings. The number of carbonyl (C=O) groups is 1. The summed E-state index contributed by atoms with van der Waals surface area (Å²) in [6, 6.07) is 0. The standard InChI is InChI=1S/C22H33NO2/c1-20-10-8-18(24)19(23)17(20)5-4-14-15(20)6-11-21(2)16(14)7-12-22(21)9-3-13-25-22/h14-17,23H,3-13H2,1-2H3/t14-,15+,16+,17?,20-,21+,22?/m1/s1. The van der Waals surface area contributed by atoms with Crippen LogP contribution in [0.4, 0.5) is 0 Å². The smallest absolute Gasteiger partial charge is 0.176 e. The summed E-state index contributed by atoms with van der Waals surface area (Å²) >= 11 is 0. The number of Topliss-reactive ketones (excluding diaryl/α,β-unsaturated/α-hetero) is 1. The van der Waals surface area contributed by atoms with Crippen LogP contribution in [-0.2, 0) is 9.53 Å². The minimum atomic E-state index is 0.126. The minimum absolute atomic E-state index is 0.126. The van der Waals surface area contributed by atoms with Gasteiger partial charge in [-0.25, -0.2) is 0 Å². The van der Waals surface area contributed by atoms with Crippen molar-refractivity contribution < 1.29 is 9.53 Å². The van der Waals surface area contributed by atoms with Crippen LogP contribution in [0, 0.1) is 39.9 Å². The van der Waals surface area contributed by atoms with Gasteiger partial charge in [-0.2, -0.15) is 0 Å². The first-order valence-electron chi connectivity index (χ1n) is 10.7. The van der Waals surface area contributed by atoms with Gasteiger partial charge in [-0.3, -0.25) is 4.79 Å². The van der Waals surface area contributed by atoms with Crippen LogP contribution < -0.4 is 0 Å². The highest BCUT2D eigenvalue weighted by Crippen LogP contribution is 2.69. The van der Waals surface area contributed by atoms with Crippen LogP contribution >= 0.6 is 0 Å². The Kier molecular flexibility index (Phi) is 3.41. The molecule has 1 N–H and O–H groups in total. The van der Waals surface area contributed by atoms with Crippen LogP contribution in [0.3, 0.4) is 0 Å². The first kappa shape index (κ1) is 16.5. The summed E-state index contributed by atoms with van der Waals surface area (Å²) < 4.78 is 6.44. The lowest BCUT2D eigenvalue weighted by Crippen LogP contribution is -2.58. The maximum Gasteiger partial charge on any atom is 0.176 e. The predicted molar refractivity (Wildman–Crippen MR) is 97.8 cm³/mol. The quantitative estimate of drug-likeness (QED) is 0.688. The average molecular weight is 344 g/mol. The van der Waals surface area contributed by atoms with Gasteiger partial charge in [0.25, 0.3) is 0 Å². The van der Waals surface area contributed by atoms with E-state index in [0.717, 1.165) is 31.3 Å². The van der Waals surface area contributed by atoms with Crippen molar-refractivity contribution in [3.05, 3.63) is 0 Å². The summed E-state index contributed by atoms with van der Waals surface area (Å²) in [6.45, 7) is 5.94. The number of carbonyl (C=O) groups excluding carboxylic acids is 1. The zero-order chi connectivity index (χ0) is 17.4. The van der Waals surface area contributed by atoms with E-state index < -0.39 is 0 Å². The van der Waals surface area contributed by atoms with Gasteiger partial charge < -0.3 is 10.1 Å². The Balaban J connectivity index is 1.48. The lowest BCUT2D eigenvalue weighted by atomic mass is 9.44. The highest BCUT2D eigenvalue weighted by molar-refractivity contribution is 6.40. The molecule has 5 aliphatic rings. The molecular formula is C22H33NO2. The van der Waals surface area contributed by atoms with E-state index in [1.807, 2.05) is 0 Å². The minimum Gasteiger partial charge on any atom is -0.374 e. The number of hydrogen-bond acceptors (Lipinski definition) is 3. The molecule has 138 valence electrons. The van der Waals surface area contributed by atoms with E-state index in [1.165, 1.54) is 44.9 Å². The fourth-order valence-corrected chi connectivity index (χ4v) is 8.44. The third kappa shape index (κ3) is 1.91. The second-order valence-corrected chi connectivity index (χ2v) is 10.3. The van der Waals surface area contributed by atoms with Gasteiger partial charge in [0, 0.05) is 18.9 Å². The number of hydrogen-bond donors (Lipinski definition) is 1. The average Bonchev–Trinajstić information content (AvgIpc) is 3.18. The van der Waals surface area contributed by atoms with Crippen molar-refractivity contribution in [1.82, 2.24) is 0 Å². The van der Waals surface area contributed by atoms with E-state index in [9.17, 15) is 4.79 Å². The molecular weight excluding hydrogens is 310 g/mol. The SMILES string of the molecule is C[C@]12CCC(=O)C(=N)C1CC[C@@H]1[C@@H]2CC[C@@]2(C)[C@H]1CCC21CCCO1. The molecule has 0 aromatic heterocycles. The number of nitrogens with one attached hydrogen (secondary N) is 1. The third-order valence-electron chi connectivity index (χ3n) is 9.80. The number of ketones is 1. The van der Waals surface area contributed by atoms with E-state index in [2.05, 4.69) is 13.8 Å². The Morgan fingerprint density at radius 2 is 1.80 bits per heavy atom. The highest BCUT2D eigenvalue weighted by atomic mass is 16.5. The van der Waals surface area contributed by atoms with Gasteiger partial charge in [-0.1, -0.05) is 13.8 Å². The van der Waals surface area contributed by atoms with Gasteiger partial charge in [-0.05, 0) is 86.4 Å². The van der Waals surface area contributed by atoms with E-state index in [4.69, 9.17) is 10.1 Å². The van der Waals surface area contributed by atoms with Gasteiger partial charge in [0.1, 0.15) is 0 Å². The summed E-state index contributed by atoms with van der Waals surface area (Å²) in [7, 11) is 0. The monoisotopic (exact) mass is 343 g/mol. The normalized spacial score (nSPS) is 55.1. The van der Waals surface area contributed by atoms with Crippen LogP contribution in [-0.4, -0.2) is 23.7 Å². The van der Waals surface area contributed by atoms with Crippen LogP contribution in [0.1, 0.15) is 78.1 Å². The van der Waals surface area contributed by atoms with Gasteiger partial charge in [0.05, 0.1) is 11.3 Å². The molecule has 2 unspecified atom stereocenters. The summed E-state index contributed by atoms with van der Waals surface area (Å²) in [5.41, 5.74) is 1.20. The molecule has 4 aliphatic carbocycles. The highest BCUT2D eigenvalue weighted by Gasteiger charge is 2.66. The Morgan fingerprint density at radius 3 is 2.56 bits per heavy atom. The van der Waals surface area contributed by atoms with Gasteiger partial charge in [0.15, 0.2) is 5.78 Å². The van der Waals surface area contributed by atoms with E-state index in [-0.39, 0.29) is 22.7 Å². The molecule has 3 nitrogen and oxygen atoms in total. The van der Waals surface area contributed by atoms with Crippen molar-refractivity contribution >= 4 is 11.5 Å². The van der Waals surface area contributed by atoms with Crippen molar-refractivity contribution in [2.24, 2.45) is 34.5 Å². The number of ether oxygens (including phenoxy) is 1. The van der Waals surface area contributed by atoms with Crippen molar-refractivity contribution in [2.45, 2.75) is 83.7 Å². The lowest BCUT2D eigenvalue weighted by molar-refractivity contribution is -0.149. The maximum absolute atomic E-state index is 12.1. The molecule has 4 saturated carbocycles. The third-order valence-corrected chi connectivity index (χ3v) is 9.80. The number of rotatable bonds is 0. The molecule has 0 bridgehead atoms. The molecule has 1 spiro atoms. The molecule has 1 saturated heterocycles. The Labute approximate surface area is 151 Å². The molecule has 5 rings (SSSR count). The Morgan fingerprint density at radius 1 is 1.00 bits per heavy atom. The van der Waals surface area contributed by atoms with Crippen molar-refractivity contribution in [3.63, 3.8) is 0 Å². The van der Waals surface area contributed by atoms with Crippen molar-refractivity contribution in [2.75, 3.05) is 6.61 Å². The molecule has 0 radical (unpaired) electrons. The Hall–Kier alpha value is -0.700. The fraction of sp³-hybridized carbons (Fsp3) is 0.909. The second kappa shape index (κ2) is 5.18. The summed E-state index contributed by atoms with van der Waals surface area (Å²) in [6.07, 6.45) is 11.7. The molecule has 0 aromatic rings. The first-order chi connectivity index (χ1) is 11.9. The lowest BCUT2D eigenvalue weighted by Gasteiger charge is -2.61. The molecule has 0 amide bonds. The van der Waals surface area contributed by atoms with E-state index in [1.54, 1.807) is 0 Å². The van der Waals surface area contributed by atoms with Gasteiger partial charge >= 0.3 is 0 Å². The molecule has 1 aliphatic heterocycles. The second-order valence-electron chi connectivity index (χ2n) is 10.3. The Bertz CT molecular complexity index is 622. The zero-order valence-corrected chi connectivity index (χ0v) is 15.9. The van der Waals surface area contributed by atoms with Crippen molar-refractivity contribution in [1.29, 1.82) is 5.41 Å². The number of fused-ring (bicyclic) bond motifs is 6. The fourth-order valence-electron chi connectivity index (χ4n) is 8.44. The summed E-state index contributed by atoms with van der Waals surface area (Å²) in [4.78, 5) is 12.1. The molecule has 7 atom stereocenters. The summed E-state index contributed by atoms with van der Waals surface area (Å²) in [5.74, 6) is 2.67. The molecule has 1 heterocycles. The van der Waals surface area contributed by atoms with Gasteiger partial charge in [-0.15, -0.1) is 0 Å². The van der Waals surface area contributed by atoms with E-state index in [0.29, 0.717) is 23.5 Å². The van der Waals surface area contributed by atoms with E-state index >= 15 is 0 Å².